The van der Waals surface area contributed by atoms with E-state index in [1.807, 2.05) is 62.4 Å². The van der Waals surface area contributed by atoms with Crippen molar-refractivity contribution in [2.75, 3.05) is 26.9 Å². The van der Waals surface area contributed by atoms with Gasteiger partial charge in [-0.3, -0.25) is 25.2 Å². The molecule has 1 heterocycles. The minimum atomic E-state index is -0.561. The van der Waals surface area contributed by atoms with Crippen molar-refractivity contribution in [2.45, 2.75) is 33.1 Å². The van der Waals surface area contributed by atoms with Crippen LogP contribution in [0.4, 0.5) is 0 Å². The number of aryl methyl sites for hydroxylation is 1. The van der Waals surface area contributed by atoms with Gasteiger partial charge < -0.3 is 9.47 Å². The zero-order valence-electron chi connectivity index (χ0n) is 18.9. The molecule has 2 aromatic carbocycles. The van der Waals surface area contributed by atoms with Gasteiger partial charge in [-0.25, -0.2) is 0 Å². The number of hydrogen-bond acceptors (Lipinski definition) is 5. The van der Waals surface area contributed by atoms with Crippen molar-refractivity contribution in [1.29, 1.82) is 0 Å². The highest BCUT2D eigenvalue weighted by molar-refractivity contribution is 6.07. The van der Waals surface area contributed by atoms with E-state index >= 15 is 0 Å². The molecule has 0 saturated heterocycles. The molecule has 3 rings (SSSR count). The van der Waals surface area contributed by atoms with Crippen LogP contribution in [0.15, 0.2) is 53.5 Å². The predicted molar refractivity (Wildman–Crippen MR) is 125 cm³/mol. The SMILES string of the molecule is COCCCOc1cc(CCC(=O)NC2=NCC(C)(C)C(=O)N2)ccc1-c1ccccc1. The summed E-state index contributed by atoms with van der Waals surface area (Å²) in [5.41, 5.74) is 2.52. The van der Waals surface area contributed by atoms with E-state index in [0.717, 1.165) is 28.9 Å². The fourth-order valence-corrected chi connectivity index (χ4v) is 3.27. The molecule has 0 spiro atoms. The maximum Gasteiger partial charge on any atom is 0.234 e. The molecular formula is C25H31N3O4. The van der Waals surface area contributed by atoms with Crippen LogP contribution in [0.3, 0.4) is 0 Å². The van der Waals surface area contributed by atoms with Gasteiger partial charge in [-0.05, 0) is 37.5 Å². The van der Waals surface area contributed by atoms with Crippen molar-refractivity contribution < 1.29 is 19.1 Å². The van der Waals surface area contributed by atoms with Gasteiger partial charge in [-0.1, -0.05) is 42.5 Å². The van der Waals surface area contributed by atoms with E-state index < -0.39 is 5.41 Å². The Morgan fingerprint density at radius 3 is 2.66 bits per heavy atom. The van der Waals surface area contributed by atoms with Gasteiger partial charge in [0.25, 0.3) is 0 Å². The lowest BCUT2D eigenvalue weighted by atomic mass is 9.92. The van der Waals surface area contributed by atoms with Crippen molar-refractivity contribution in [2.24, 2.45) is 10.4 Å². The minimum absolute atomic E-state index is 0.144. The normalized spacial score (nSPS) is 15.0. The summed E-state index contributed by atoms with van der Waals surface area (Å²) in [5, 5.41) is 5.34. The second-order valence-corrected chi connectivity index (χ2v) is 8.44. The van der Waals surface area contributed by atoms with Gasteiger partial charge in [0.2, 0.25) is 17.8 Å². The number of amides is 2. The van der Waals surface area contributed by atoms with E-state index in [1.54, 1.807) is 7.11 Å². The molecule has 1 aliphatic rings. The molecule has 0 aliphatic carbocycles. The number of carbonyl (C=O) groups is 2. The molecule has 1 aliphatic heterocycles. The largest absolute Gasteiger partial charge is 0.493 e. The smallest absolute Gasteiger partial charge is 0.234 e. The number of methoxy groups -OCH3 is 1. The third kappa shape index (κ3) is 6.40. The molecule has 7 nitrogen and oxygen atoms in total. The van der Waals surface area contributed by atoms with E-state index in [-0.39, 0.29) is 24.2 Å². The summed E-state index contributed by atoms with van der Waals surface area (Å²) in [6.07, 6.45) is 1.61. The monoisotopic (exact) mass is 437 g/mol. The lowest BCUT2D eigenvalue weighted by molar-refractivity contribution is -0.127. The molecule has 32 heavy (non-hydrogen) atoms. The summed E-state index contributed by atoms with van der Waals surface area (Å²) < 4.78 is 11.2. The van der Waals surface area contributed by atoms with Crippen LogP contribution in [-0.4, -0.2) is 44.6 Å². The molecule has 2 N–H and O–H groups in total. The van der Waals surface area contributed by atoms with E-state index in [9.17, 15) is 9.59 Å². The molecule has 170 valence electrons. The standard InChI is InChI=1S/C25H31N3O4/c1-25(2)17-26-24(28-23(25)30)27-22(29)13-11-18-10-12-20(19-8-5-4-6-9-19)21(16-18)32-15-7-14-31-3/h4-6,8-10,12,16H,7,11,13-15,17H2,1-3H3,(H2,26,27,28,29,30). The number of ether oxygens (including phenoxy) is 2. The Balaban J connectivity index is 1.64. The van der Waals surface area contributed by atoms with Crippen LogP contribution in [-0.2, 0) is 20.7 Å². The topological polar surface area (TPSA) is 89.0 Å². The van der Waals surface area contributed by atoms with Crippen LogP contribution < -0.4 is 15.4 Å². The van der Waals surface area contributed by atoms with E-state index in [1.165, 1.54) is 0 Å². The Morgan fingerprint density at radius 2 is 1.94 bits per heavy atom. The minimum Gasteiger partial charge on any atom is -0.493 e. The molecule has 7 heteroatoms. The molecule has 0 unspecified atom stereocenters. The number of benzene rings is 2. The summed E-state index contributed by atoms with van der Waals surface area (Å²) in [5.74, 6) is 0.672. The van der Waals surface area contributed by atoms with E-state index in [0.29, 0.717) is 26.2 Å². The van der Waals surface area contributed by atoms with Gasteiger partial charge >= 0.3 is 0 Å². The number of rotatable bonds is 9. The van der Waals surface area contributed by atoms with Gasteiger partial charge in [0.05, 0.1) is 18.6 Å². The Hall–Kier alpha value is -3.19. The highest BCUT2D eigenvalue weighted by Crippen LogP contribution is 2.31. The van der Waals surface area contributed by atoms with Crippen LogP contribution in [0.25, 0.3) is 11.1 Å². The Labute approximate surface area is 189 Å². The number of nitrogens with one attached hydrogen (secondary N) is 2. The zero-order valence-corrected chi connectivity index (χ0v) is 18.9. The molecule has 0 bridgehead atoms. The van der Waals surface area contributed by atoms with Crippen LogP contribution in [0.1, 0.15) is 32.3 Å². The molecule has 2 aromatic rings. The maximum absolute atomic E-state index is 12.4. The van der Waals surface area contributed by atoms with Crippen LogP contribution in [0, 0.1) is 5.41 Å². The fraction of sp³-hybridized carbons (Fsp3) is 0.400. The lowest BCUT2D eigenvalue weighted by Crippen LogP contribution is -2.52. The lowest BCUT2D eigenvalue weighted by Gasteiger charge is -2.27. The Morgan fingerprint density at radius 1 is 1.16 bits per heavy atom. The number of hydrogen-bond donors (Lipinski definition) is 2. The Kier molecular flexibility index (Phi) is 8.00. The number of aliphatic imine (C=N–C) groups is 1. The average Bonchev–Trinajstić information content (AvgIpc) is 2.79. The summed E-state index contributed by atoms with van der Waals surface area (Å²) in [6.45, 7) is 5.17. The van der Waals surface area contributed by atoms with E-state index in [2.05, 4.69) is 15.6 Å². The van der Waals surface area contributed by atoms with Gasteiger partial charge in [-0.15, -0.1) is 0 Å². The van der Waals surface area contributed by atoms with Gasteiger partial charge in [0.1, 0.15) is 5.75 Å². The van der Waals surface area contributed by atoms with Crippen molar-refractivity contribution in [3.8, 4) is 16.9 Å². The second kappa shape index (κ2) is 10.9. The van der Waals surface area contributed by atoms with E-state index in [4.69, 9.17) is 9.47 Å². The zero-order chi connectivity index (χ0) is 23.0. The Bertz CT molecular complexity index is 970. The molecular weight excluding hydrogens is 406 g/mol. The maximum atomic E-state index is 12.4. The van der Waals surface area contributed by atoms with Crippen LogP contribution in [0.5, 0.6) is 5.75 Å². The average molecular weight is 438 g/mol. The van der Waals surface area contributed by atoms with Crippen molar-refractivity contribution in [3.63, 3.8) is 0 Å². The first-order valence-corrected chi connectivity index (χ1v) is 10.8. The molecule has 0 saturated carbocycles. The van der Waals surface area contributed by atoms with Gasteiger partial charge in [-0.2, -0.15) is 0 Å². The predicted octanol–water partition coefficient (Wildman–Crippen LogP) is 3.33. The van der Waals surface area contributed by atoms with Gasteiger partial charge in [0, 0.05) is 32.1 Å². The number of nitrogens with zero attached hydrogens (tertiary/aromatic N) is 1. The highest BCUT2D eigenvalue weighted by atomic mass is 16.5. The molecule has 0 fully saturated rings. The molecule has 0 aromatic heterocycles. The third-order valence-corrected chi connectivity index (χ3v) is 5.26. The van der Waals surface area contributed by atoms with Crippen molar-refractivity contribution >= 4 is 17.8 Å². The summed E-state index contributed by atoms with van der Waals surface area (Å²) >= 11 is 0. The summed E-state index contributed by atoms with van der Waals surface area (Å²) in [4.78, 5) is 28.7. The summed E-state index contributed by atoms with van der Waals surface area (Å²) in [6, 6.07) is 16.1. The fourth-order valence-electron chi connectivity index (χ4n) is 3.27. The van der Waals surface area contributed by atoms with Gasteiger partial charge in [0.15, 0.2) is 0 Å². The highest BCUT2D eigenvalue weighted by Gasteiger charge is 2.32. The molecule has 2 amide bonds. The second-order valence-electron chi connectivity index (χ2n) is 8.44. The first-order chi connectivity index (χ1) is 15.4. The van der Waals surface area contributed by atoms with Crippen molar-refractivity contribution in [1.82, 2.24) is 10.6 Å². The number of guanidine groups is 1. The molecule has 0 radical (unpaired) electrons. The van der Waals surface area contributed by atoms with Crippen LogP contribution >= 0.6 is 0 Å². The first kappa shape index (κ1) is 23.5. The third-order valence-electron chi connectivity index (χ3n) is 5.26. The van der Waals surface area contributed by atoms with Crippen molar-refractivity contribution in [3.05, 3.63) is 54.1 Å². The summed E-state index contributed by atoms with van der Waals surface area (Å²) in [7, 11) is 1.67. The quantitative estimate of drug-likeness (QED) is 0.589. The first-order valence-electron chi connectivity index (χ1n) is 10.8. The molecule has 0 atom stereocenters. The number of carbonyl (C=O) groups excluding carboxylic acids is 2. The van der Waals surface area contributed by atoms with Crippen LogP contribution in [0.2, 0.25) is 0 Å².